The van der Waals surface area contributed by atoms with E-state index in [2.05, 4.69) is 28.6 Å². The number of rotatable bonds is 5. The van der Waals surface area contributed by atoms with Crippen molar-refractivity contribution < 1.29 is 4.74 Å². The average Bonchev–Trinajstić information content (AvgIpc) is 3.04. The average molecular weight is 285 g/mol. The highest BCUT2D eigenvalue weighted by molar-refractivity contribution is 5.33. The molecule has 4 heteroatoms. The number of hydrogen-bond acceptors (Lipinski definition) is 3. The monoisotopic (exact) mass is 285 g/mol. The maximum atomic E-state index is 5.88. The molecular weight excluding hydrogens is 262 g/mol. The first kappa shape index (κ1) is 14.3. The molecule has 2 aromatic rings. The Morgan fingerprint density at radius 2 is 2.14 bits per heavy atom. The van der Waals surface area contributed by atoms with Crippen molar-refractivity contribution in [1.29, 1.82) is 0 Å². The van der Waals surface area contributed by atoms with E-state index < -0.39 is 0 Å². The normalized spacial score (nSPS) is 20.3. The Morgan fingerprint density at radius 3 is 2.86 bits per heavy atom. The van der Waals surface area contributed by atoms with Crippen LogP contribution in [0.4, 0.5) is 0 Å². The minimum Gasteiger partial charge on any atom is -0.378 e. The molecule has 1 aromatic carbocycles. The summed E-state index contributed by atoms with van der Waals surface area (Å²) in [7, 11) is 2.01. The van der Waals surface area contributed by atoms with Gasteiger partial charge in [0.15, 0.2) is 0 Å². The molecule has 4 nitrogen and oxygen atoms in total. The van der Waals surface area contributed by atoms with Crippen LogP contribution in [-0.2, 0) is 4.74 Å². The fourth-order valence-electron chi connectivity index (χ4n) is 3.01. The van der Waals surface area contributed by atoms with E-state index in [1.807, 2.05) is 36.1 Å². The molecule has 112 valence electrons. The van der Waals surface area contributed by atoms with Gasteiger partial charge in [0, 0.05) is 12.8 Å². The summed E-state index contributed by atoms with van der Waals surface area (Å²) in [6, 6.07) is 12.6. The standard InChI is InChI=1S/C17H23N3O/c1-18-16(13-15-9-5-6-12-21-15)17-10-11-19-20(17)14-7-3-2-4-8-14/h2-4,7-8,10-11,15-16,18H,5-6,9,12-13H2,1H3. The Hall–Kier alpha value is -1.65. The van der Waals surface area contributed by atoms with E-state index in [1.165, 1.54) is 18.5 Å². The zero-order valence-corrected chi connectivity index (χ0v) is 12.5. The van der Waals surface area contributed by atoms with Crippen LogP contribution in [0.25, 0.3) is 5.69 Å². The van der Waals surface area contributed by atoms with E-state index in [0.29, 0.717) is 6.10 Å². The van der Waals surface area contributed by atoms with Crippen molar-refractivity contribution in [2.45, 2.75) is 37.8 Å². The minimum absolute atomic E-state index is 0.260. The van der Waals surface area contributed by atoms with Gasteiger partial charge in [0.25, 0.3) is 0 Å². The number of ether oxygens (including phenoxy) is 1. The van der Waals surface area contributed by atoms with Gasteiger partial charge in [-0.05, 0) is 50.9 Å². The third kappa shape index (κ3) is 3.34. The summed E-state index contributed by atoms with van der Waals surface area (Å²) in [5, 5.41) is 7.91. The van der Waals surface area contributed by atoms with E-state index in [4.69, 9.17) is 4.74 Å². The molecule has 3 rings (SSSR count). The molecule has 1 aliphatic heterocycles. The second-order valence-electron chi connectivity index (χ2n) is 5.57. The van der Waals surface area contributed by atoms with Crippen molar-refractivity contribution in [3.8, 4) is 5.69 Å². The van der Waals surface area contributed by atoms with Crippen LogP contribution in [0.5, 0.6) is 0 Å². The summed E-state index contributed by atoms with van der Waals surface area (Å²) >= 11 is 0. The molecule has 1 aliphatic rings. The number of nitrogens with one attached hydrogen (secondary N) is 1. The fraction of sp³-hybridized carbons (Fsp3) is 0.471. The molecule has 0 amide bonds. The Morgan fingerprint density at radius 1 is 1.29 bits per heavy atom. The quantitative estimate of drug-likeness (QED) is 0.917. The summed E-state index contributed by atoms with van der Waals surface area (Å²) in [5.41, 5.74) is 2.29. The van der Waals surface area contributed by atoms with Crippen molar-refractivity contribution in [2.24, 2.45) is 0 Å². The predicted octanol–water partition coefficient (Wildman–Crippen LogP) is 3.09. The maximum Gasteiger partial charge on any atom is 0.0649 e. The summed E-state index contributed by atoms with van der Waals surface area (Å²) in [6.07, 6.45) is 6.86. The molecule has 0 spiro atoms. The van der Waals surface area contributed by atoms with E-state index >= 15 is 0 Å². The van der Waals surface area contributed by atoms with Crippen LogP contribution in [0.1, 0.15) is 37.4 Å². The molecule has 2 atom stereocenters. The number of hydrogen-bond donors (Lipinski definition) is 1. The van der Waals surface area contributed by atoms with Crippen LogP contribution in [-0.4, -0.2) is 29.5 Å². The van der Waals surface area contributed by atoms with E-state index in [1.54, 1.807) is 0 Å². The van der Waals surface area contributed by atoms with Crippen LogP contribution >= 0.6 is 0 Å². The van der Waals surface area contributed by atoms with Gasteiger partial charge in [-0.2, -0.15) is 5.10 Å². The molecule has 1 fully saturated rings. The van der Waals surface area contributed by atoms with E-state index in [-0.39, 0.29) is 6.04 Å². The van der Waals surface area contributed by atoms with Crippen LogP contribution in [0.15, 0.2) is 42.6 Å². The second-order valence-corrected chi connectivity index (χ2v) is 5.57. The van der Waals surface area contributed by atoms with Crippen molar-refractivity contribution >= 4 is 0 Å². The molecular formula is C17H23N3O. The van der Waals surface area contributed by atoms with Gasteiger partial charge in [0.2, 0.25) is 0 Å². The molecule has 1 N–H and O–H groups in total. The van der Waals surface area contributed by atoms with Gasteiger partial charge in [0.05, 0.1) is 23.5 Å². The Kier molecular flexibility index (Phi) is 4.68. The third-order valence-electron chi connectivity index (χ3n) is 4.15. The van der Waals surface area contributed by atoms with Crippen molar-refractivity contribution in [3.05, 3.63) is 48.3 Å². The lowest BCUT2D eigenvalue weighted by Crippen LogP contribution is -2.28. The number of benzene rings is 1. The Labute approximate surface area is 126 Å². The van der Waals surface area contributed by atoms with Gasteiger partial charge in [-0.25, -0.2) is 4.68 Å². The summed E-state index contributed by atoms with van der Waals surface area (Å²) in [5.74, 6) is 0. The van der Waals surface area contributed by atoms with Crippen LogP contribution in [0.2, 0.25) is 0 Å². The van der Waals surface area contributed by atoms with Gasteiger partial charge >= 0.3 is 0 Å². The summed E-state index contributed by atoms with van der Waals surface area (Å²) in [4.78, 5) is 0. The Balaban J connectivity index is 1.79. The van der Waals surface area contributed by atoms with Crippen molar-refractivity contribution in [2.75, 3.05) is 13.7 Å². The first-order valence-electron chi connectivity index (χ1n) is 7.76. The van der Waals surface area contributed by atoms with Crippen molar-refractivity contribution in [3.63, 3.8) is 0 Å². The highest BCUT2D eigenvalue weighted by Crippen LogP contribution is 2.26. The van der Waals surface area contributed by atoms with E-state index in [0.717, 1.165) is 25.1 Å². The minimum atomic E-state index is 0.260. The number of aromatic nitrogens is 2. The van der Waals surface area contributed by atoms with Gasteiger partial charge in [0.1, 0.15) is 0 Å². The number of para-hydroxylation sites is 1. The first-order chi connectivity index (χ1) is 10.4. The van der Waals surface area contributed by atoms with Crippen LogP contribution < -0.4 is 5.32 Å². The summed E-state index contributed by atoms with van der Waals surface area (Å²) < 4.78 is 7.90. The fourth-order valence-corrected chi connectivity index (χ4v) is 3.01. The smallest absolute Gasteiger partial charge is 0.0649 e. The lowest BCUT2D eigenvalue weighted by atomic mass is 10.00. The third-order valence-corrected chi connectivity index (χ3v) is 4.15. The highest BCUT2D eigenvalue weighted by Gasteiger charge is 2.22. The molecule has 0 aliphatic carbocycles. The van der Waals surface area contributed by atoms with Crippen LogP contribution in [0.3, 0.4) is 0 Å². The molecule has 2 heterocycles. The van der Waals surface area contributed by atoms with Gasteiger partial charge in [-0.1, -0.05) is 18.2 Å². The summed E-state index contributed by atoms with van der Waals surface area (Å²) in [6.45, 7) is 0.902. The van der Waals surface area contributed by atoms with Gasteiger partial charge < -0.3 is 10.1 Å². The maximum absolute atomic E-state index is 5.88. The molecule has 0 saturated carbocycles. The SMILES string of the molecule is CNC(CC1CCCCO1)c1ccnn1-c1ccccc1. The molecule has 1 saturated heterocycles. The lowest BCUT2D eigenvalue weighted by molar-refractivity contribution is 0.00510. The lowest BCUT2D eigenvalue weighted by Gasteiger charge is -2.27. The van der Waals surface area contributed by atoms with Crippen LogP contribution in [0, 0.1) is 0 Å². The van der Waals surface area contributed by atoms with Crippen molar-refractivity contribution in [1.82, 2.24) is 15.1 Å². The topological polar surface area (TPSA) is 39.1 Å². The van der Waals surface area contributed by atoms with Gasteiger partial charge in [-0.15, -0.1) is 0 Å². The molecule has 21 heavy (non-hydrogen) atoms. The molecule has 0 radical (unpaired) electrons. The number of nitrogens with zero attached hydrogens (tertiary/aromatic N) is 2. The highest BCUT2D eigenvalue weighted by atomic mass is 16.5. The second kappa shape index (κ2) is 6.87. The molecule has 1 aromatic heterocycles. The largest absolute Gasteiger partial charge is 0.378 e. The van der Waals surface area contributed by atoms with E-state index in [9.17, 15) is 0 Å². The Bertz CT molecular complexity index is 546. The van der Waals surface area contributed by atoms with Gasteiger partial charge in [-0.3, -0.25) is 0 Å². The zero-order valence-electron chi connectivity index (χ0n) is 12.5. The first-order valence-corrected chi connectivity index (χ1v) is 7.76. The zero-order chi connectivity index (χ0) is 14.5. The molecule has 0 bridgehead atoms. The molecule has 2 unspecified atom stereocenters. The predicted molar refractivity (Wildman–Crippen MR) is 83.6 cm³/mol.